The van der Waals surface area contributed by atoms with Gasteiger partial charge >= 0.3 is 0 Å². The Morgan fingerprint density at radius 1 is 0.806 bits per heavy atom. The third-order valence-corrected chi connectivity index (χ3v) is 5.58. The van der Waals surface area contributed by atoms with Crippen LogP contribution in [0.15, 0.2) is 18.2 Å². The Morgan fingerprint density at radius 2 is 1.36 bits per heavy atom. The molecule has 0 fully saturated rings. The number of aryl methyl sites for hydroxylation is 3. The molecule has 0 saturated carbocycles. The number of nitrogens with zero attached hydrogens (tertiary/aromatic N) is 2. The Hall–Kier alpha value is -1.74. The first-order valence-electron chi connectivity index (χ1n) is 15.0. The van der Waals surface area contributed by atoms with E-state index in [4.69, 9.17) is 9.97 Å². The van der Waals surface area contributed by atoms with E-state index in [1.165, 1.54) is 23.1 Å². The highest BCUT2D eigenvalue weighted by Crippen LogP contribution is 2.30. The highest BCUT2D eigenvalue weighted by molar-refractivity contribution is 5.66. The Kier molecular flexibility index (Phi) is 26.9. The molecule has 0 aliphatic carbocycles. The van der Waals surface area contributed by atoms with Gasteiger partial charge in [0.2, 0.25) is 0 Å². The van der Waals surface area contributed by atoms with E-state index in [9.17, 15) is 5.11 Å². The molecule has 0 radical (unpaired) electrons. The van der Waals surface area contributed by atoms with Crippen molar-refractivity contribution in [1.29, 1.82) is 0 Å². The van der Waals surface area contributed by atoms with Crippen LogP contribution in [-0.4, -0.2) is 21.7 Å². The van der Waals surface area contributed by atoms with Gasteiger partial charge in [-0.05, 0) is 67.7 Å². The van der Waals surface area contributed by atoms with Crippen molar-refractivity contribution in [2.75, 3.05) is 6.61 Å². The molecule has 0 amide bonds. The fourth-order valence-electron chi connectivity index (χ4n) is 3.67. The van der Waals surface area contributed by atoms with E-state index < -0.39 is 0 Å². The fraction of sp³-hybridized carbons (Fsp3) is 0.697. The molecule has 1 atom stereocenters. The molecule has 0 aliphatic heterocycles. The maximum absolute atomic E-state index is 9.31. The Balaban J connectivity index is -0.00000108. The van der Waals surface area contributed by atoms with Gasteiger partial charge in [0.25, 0.3) is 0 Å². The molecule has 0 aliphatic rings. The van der Waals surface area contributed by atoms with Gasteiger partial charge in [-0.3, -0.25) is 9.97 Å². The molecule has 3 heteroatoms. The second-order valence-electron chi connectivity index (χ2n) is 8.53. The van der Waals surface area contributed by atoms with Crippen LogP contribution < -0.4 is 0 Å². The number of aliphatic hydroxyl groups excluding tert-OH is 1. The zero-order valence-corrected chi connectivity index (χ0v) is 26.7. The van der Waals surface area contributed by atoms with Gasteiger partial charge in [-0.15, -0.1) is 0 Å². The van der Waals surface area contributed by atoms with Gasteiger partial charge < -0.3 is 5.11 Å². The molecule has 3 nitrogen and oxygen atoms in total. The van der Waals surface area contributed by atoms with Crippen molar-refractivity contribution in [2.24, 2.45) is 5.92 Å². The van der Waals surface area contributed by atoms with Crippen LogP contribution in [0.5, 0.6) is 0 Å². The molecule has 210 valence electrons. The molecule has 2 aromatic rings. The van der Waals surface area contributed by atoms with Crippen LogP contribution in [0.2, 0.25) is 0 Å². The van der Waals surface area contributed by atoms with E-state index in [0.717, 1.165) is 54.9 Å². The van der Waals surface area contributed by atoms with Crippen molar-refractivity contribution in [3.63, 3.8) is 0 Å². The summed E-state index contributed by atoms with van der Waals surface area (Å²) in [7, 11) is 0. The van der Waals surface area contributed by atoms with Crippen molar-refractivity contribution in [3.8, 4) is 11.3 Å². The minimum Gasteiger partial charge on any atom is -0.396 e. The largest absolute Gasteiger partial charge is 0.396 e. The molecule has 0 bridgehead atoms. The summed E-state index contributed by atoms with van der Waals surface area (Å²) in [5, 5.41) is 9.31. The topological polar surface area (TPSA) is 46.0 Å². The maximum atomic E-state index is 9.31. The first-order chi connectivity index (χ1) is 17.4. The van der Waals surface area contributed by atoms with E-state index in [1.54, 1.807) is 0 Å². The number of aromatic nitrogens is 2. The quantitative estimate of drug-likeness (QED) is 0.371. The van der Waals surface area contributed by atoms with Crippen molar-refractivity contribution in [1.82, 2.24) is 9.97 Å². The predicted molar refractivity (Wildman–Crippen MR) is 164 cm³/mol. The number of hydrogen-bond acceptors (Lipinski definition) is 3. The zero-order chi connectivity index (χ0) is 28.7. The van der Waals surface area contributed by atoms with E-state index >= 15 is 0 Å². The molecular formula is C33H62N2O. The maximum Gasteiger partial charge on any atom is 0.0755 e. The van der Waals surface area contributed by atoms with E-state index in [-0.39, 0.29) is 6.61 Å². The summed E-state index contributed by atoms with van der Waals surface area (Å²) in [6, 6.07) is 6.70. The lowest BCUT2D eigenvalue weighted by Gasteiger charge is -2.19. The van der Waals surface area contributed by atoms with Gasteiger partial charge in [0.05, 0.1) is 5.69 Å². The Morgan fingerprint density at radius 3 is 1.78 bits per heavy atom. The average molecular weight is 503 g/mol. The van der Waals surface area contributed by atoms with E-state index in [2.05, 4.69) is 73.6 Å². The molecule has 1 N–H and O–H groups in total. The van der Waals surface area contributed by atoms with Gasteiger partial charge in [-0.25, -0.2) is 0 Å². The summed E-state index contributed by atoms with van der Waals surface area (Å²) >= 11 is 0. The third kappa shape index (κ3) is 13.5. The summed E-state index contributed by atoms with van der Waals surface area (Å²) in [6.07, 6.45) is 6.06. The van der Waals surface area contributed by atoms with Crippen LogP contribution >= 0.6 is 0 Å². The molecule has 2 rings (SSSR count). The molecule has 0 spiro atoms. The minimum absolute atomic E-state index is 0.261. The number of rotatable bonds is 9. The first-order valence-corrected chi connectivity index (χ1v) is 15.0. The minimum atomic E-state index is 0.261. The number of pyridine rings is 2. The van der Waals surface area contributed by atoms with Gasteiger partial charge in [-0.1, -0.05) is 109 Å². The first kappa shape index (κ1) is 38.8. The average Bonchev–Trinajstić information content (AvgIpc) is 2.92. The van der Waals surface area contributed by atoms with Crippen LogP contribution in [-0.2, 0) is 19.3 Å². The van der Waals surface area contributed by atoms with Crippen molar-refractivity contribution < 1.29 is 5.11 Å². The Labute approximate surface area is 226 Å². The molecule has 2 aromatic heterocycles. The normalized spacial score (nSPS) is 10.4. The van der Waals surface area contributed by atoms with Crippen molar-refractivity contribution in [3.05, 3.63) is 46.4 Å². The lowest BCUT2D eigenvalue weighted by atomic mass is 9.91. The predicted octanol–water partition coefficient (Wildman–Crippen LogP) is 10.1. The lowest BCUT2D eigenvalue weighted by Crippen LogP contribution is -2.09. The van der Waals surface area contributed by atoms with Crippen LogP contribution in [0.25, 0.3) is 11.3 Å². The van der Waals surface area contributed by atoms with Crippen LogP contribution in [0.1, 0.15) is 143 Å². The van der Waals surface area contributed by atoms with Gasteiger partial charge in [0.1, 0.15) is 0 Å². The van der Waals surface area contributed by atoms with Gasteiger partial charge in [0.15, 0.2) is 0 Å². The van der Waals surface area contributed by atoms with Crippen LogP contribution in [0, 0.1) is 12.8 Å². The highest BCUT2D eigenvalue weighted by atomic mass is 16.3. The summed E-state index contributed by atoms with van der Waals surface area (Å²) < 4.78 is 0. The molecule has 0 aromatic carbocycles. The number of hydrogen-bond donors (Lipinski definition) is 1. The lowest BCUT2D eigenvalue weighted by molar-refractivity contribution is 0.253. The highest BCUT2D eigenvalue weighted by Gasteiger charge is 2.17. The summed E-state index contributed by atoms with van der Waals surface area (Å²) in [5.74, 6) is 0.953. The standard InChI is InChI=1S/C24H36N2O.C3H8.3C2H6/c1-7-18(12-13-27)14-20-15-19(8-2)24(25-17(20)6)21-10-11-23(16(4)5)26-22(21)9-3;1-3-2;3*1-2/h10-11,15-16,18,27H,7-9,12-14H2,1-6H3;3H2,1-2H3;3*1-2H3. The molecule has 2 heterocycles. The zero-order valence-electron chi connectivity index (χ0n) is 26.7. The van der Waals surface area contributed by atoms with Crippen LogP contribution in [0.4, 0.5) is 0 Å². The monoisotopic (exact) mass is 502 g/mol. The Bertz CT molecular complexity index is 769. The van der Waals surface area contributed by atoms with Gasteiger partial charge in [0, 0.05) is 29.3 Å². The van der Waals surface area contributed by atoms with E-state index in [0.29, 0.717) is 11.8 Å². The summed E-state index contributed by atoms with van der Waals surface area (Å²) in [5.41, 5.74) is 8.28. The van der Waals surface area contributed by atoms with Gasteiger partial charge in [-0.2, -0.15) is 0 Å². The van der Waals surface area contributed by atoms with Crippen molar-refractivity contribution in [2.45, 2.75) is 141 Å². The second kappa shape index (κ2) is 24.9. The summed E-state index contributed by atoms with van der Waals surface area (Å²) in [6.45, 7) is 29.6. The number of aliphatic hydroxyl groups is 1. The summed E-state index contributed by atoms with van der Waals surface area (Å²) in [4.78, 5) is 9.96. The third-order valence-electron chi connectivity index (χ3n) is 5.58. The molecule has 1 unspecified atom stereocenters. The van der Waals surface area contributed by atoms with Crippen molar-refractivity contribution >= 4 is 0 Å². The van der Waals surface area contributed by atoms with E-state index in [1.807, 2.05) is 41.5 Å². The second-order valence-corrected chi connectivity index (χ2v) is 8.53. The molecule has 36 heavy (non-hydrogen) atoms. The molecule has 0 saturated heterocycles. The van der Waals surface area contributed by atoms with Crippen LogP contribution in [0.3, 0.4) is 0 Å². The SMILES string of the molecule is CC.CC.CC.CCC.CCc1cc(CC(CC)CCO)c(C)nc1-c1ccc(C(C)C)nc1CC. The fourth-order valence-corrected chi connectivity index (χ4v) is 3.67. The smallest absolute Gasteiger partial charge is 0.0755 e. The molecular weight excluding hydrogens is 440 g/mol.